The summed E-state index contributed by atoms with van der Waals surface area (Å²) in [5.74, 6) is 0.143. The van der Waals surface area contributed by atoms with Gasteiger partial charge in [-0.05, 0) is 67.3 Å². The first kappa shape index (κ1) is 20.7. The van der Waals surface area contributed by atoms with Crippen LogP contribution in [0.3, 0.4) is 0 Å². The Labute approximate surface area is 162 Å². The smallest absolute Gasteiger partial charge is 0.231 e. The van der Waals surface area contributed by atoms with E-state index < -0.39 is 36.8 Å². The predicted octanol–water partition coefficient (Wildman–Crippen LogP) is 1.68. The van der Waals surface area contributed by atoms with Crippen LogP contribution in [0.15, 0.2) is 36.4 Å². The van der Waals surface area contributed by atoms with Crippen molar-refractivity contribution in [3.05, 3.63) is 53.3 Å². The molecular weight excluding hydrogens is 367 g/mol. The zero-order valence-electron chi connectivity index (χ0n) is 16.0. The molecule has 4 N–H and O–H groups in total. The molecule has 1 fully saturated rings. The Morgan fingerprint density at radius 3 is 2.25 bits per heavy atom. The lowest BCUT2D eigenvalue weighted by Crippen LogP contribution is -2.66. The minimum Gasteiger partial charge on any atom is -0.461 e. The van der Waals surface area contributed by atoms with E-state index in [0.29, 0.717) is 11.3 Å². The summed E-state index contributed by atoms with van der Waals surface area (Å²) in [6.45, 7) is 4.27. The fourth-order valence-electron chi connectivity index (χ4n) is 3.26. The van der Waals surface area contributed by atoms with Crippen molar-refractivity contribution in [1.29, 1.82) is 0 Å². The van der Waals surface area contributed by atoms with E-state index in [4.69, 9.17) is 9.47 Å². The molecule has 152 valence electrons. The second kappa shape index (κ2) is 7.77. The summed E-state index contributed by atoms with van der Waals surface area (Å²) in [4.78, 5) is 0. The second-order valence-corrected chi connectivity index (χ2v) is 7.41. The summed E-state index contributed by atoms with van der Waals surface area (Å²) in [6, 6.07) is 10.2. The average Bonchev–Trinajstić information content (AvgIpc) is 2.66. The van der Waals surface area contributed by atoms with Crippen LogP contribution in [0.4, 0.5) is 4.39 Å². The minimum absolute atomic E-state index is 0.267. The molecule has 0 spiro atoms. The molecule has 0 amide bonds. The highest BCUT2D eigenvalue weighted by Crippen LogP contribution is 2.34. The fourth-order valence-corrected chi connectivity index (χ4v) is 3.26. The summed E-state index contributed by atoms with van der Waals surface area (Å²) >= 11 is 0. The topological polar surface area (TPSA) is 99.4 Å². The SMILES string of the molecule is Cc1cc(-c2ccc(OC3O[C@H](CO)[C@@H](O)[C@H](O)[C@]3(C)O)c(C)c2)ccc1F. The standard InChI is InChI=1S/C21H25FO6/c1-11-8-13(4-6-15(11)22)14-5-7-16(12(2)9-14)27-20-21(3,26)19(25)18(24)17(10-23)28-20/h4-9,17-20,23-26H,10H2,1-3H3/t17-,18-,19+,20?,21+/m1/s1. The van der Waals surface area contributed by atoms with Crippen molar-refractivity contribution in [1.82, 2.24) is 0 Å². The molecule has 0 aliphatic carbocycles. The molecule has 0 saturated carbocycles. The molecule has 1 saturated heterocycles. The monoisotopic (exact) mass is 392 g/mol. The van der Waals surface area contributed by atoms with Crippen LogP contribution in [0.25, 0.3) is 11.1 Å². The van der Waals surface area contributed by atoms with Crippen molar-refractivity contribution in [2.24, 2.45) is 0 Å². The number of aryl methyl sites for hydroxylation is 2. The molecule has 3 rings (SSSR count). The number of halogens is 1. The van der Waals surface area contributed by atoms with Crippen LogP contribution < -0.4 is 4.74 Å². The van der Waals surface area contributed by atoms with Gasteiger partial charge < -0.3 is 29.9 Å². The van der Waals surface area contributed by atoms with E-state index >= 15 is 0 Å². The van der Waals surface area contributed by atoms with Gasteiger partial charge in [-0.15, -0.1) is 0 Å². The molecule has 1 aliphatic rings. The van der Waals surface area contributed by atoms with Gasteiger partial charge >= 0.3 is 0 Å². The highest BCUT2D eigenvalue weighted by Gasteiger charge is 2.53. The number of rotatable bonds is 4. The van der Waals surface area contributed by atoms with Gasteiger partial charge in [0.25, 0.3) is 0 Å². The van der Waals surface area contributed by atoms with Crippen LogP contribution >= 0.6 is 0 Å². The Kier molecular flexibility index (Phi) is 5.74. The predicted molar refractivity (Wildman–Crippen MR) is 100 cm³/mol. The van der Waals surface area contributed by atoms with Crippen LogP contribution in [-0.4, -0.2) is 57.2 Å². The van der Waals surface area contributed by atoms with Crippen molar-refractivity contribution in [3.63, 3.8) is 0 Å². The molecule has 28 heavy (non-hydrogen) atoms. The molecular formula is C21H25FO6. The summed E-state index contributed by atoms with van der Waals surface area (Å²) < 4.78 is 24.7. The Balaban J connectivity index is 1.85. The fraction of sp³-hybridized carbons (Fsp3) is 0.429. The largest absolute Gasteiger partial charge is 0.461 e. The molecule has 7 heteroatoms. The molecule has 1 heterocycles. The zero-order chi connectivity index (χ0) is 20.6. The Bertz CT molecular complexity index is 853. The highest BCUT2D eigenvalue weighted by molar-refractivity contribution is 5.66. The molecule has 6 nitrogen and oxygen atoms in total. The van der Waals surface area contributed by atoms with E-state index in [2.05, 4.69) is 0 Å². The van der Waals surface area contributed by atoms with Crippen LogP contribution in [0, 0.1) is 19.7 Å². The van der Waals surface area contributed by atoms with Gasteiger partial charge in [-0.3, -0.25) is 0 Å². The van der Waals surface area contributed by atoms with Crippen LogP contribution in [0.2, 0.25) is 0 Å². The lowest BCUT2D eigenvalue weighted by molar-refractivity contribution is -0.314. The van der Waals surface area contributed by atoms with Gasteiger partial charge in [0.05, 0.1) is 6.61 Å². The van der Waals surface area contributed by atoms with Crippen LogP contribution in [0.1, 0.15) is 18.1 Å². The van der Waals surface area contributed by atoms with Gasteiger partial charge in [0.1, 0.15) is 29.9 Å². The molecule has 2 aromatic rings. The zero-order valence-corrected chi connectivity index (χ0v) is 16.0. The Morgan fingerprint density at radius 2 is 1.68 bits per heavy atom. The lowest BCUT2D eigenvalue weighted by atomic mass is 9.88. The summed E-state index contributed by atoms with van der Waals surface area (Å²) in [5, 5.41) is 40.0. The van der Waals surface area contributed by atoms with E-state index in [0.717, 1.165) is 16.7 Å². The third-order valence-electron chi connectivity index (χ3n) is 5.16. The molecule has 2 aromatic carbocycles. The second-order valence-electron chi connectivity index (χ2n) is 7.41. The third-order valence-corrected chi connectivity index (χ3v) is 5.16. The van der Waals surface area contributed by atoms with Gasteiger partial charge in [0, 0.05) is 0 Å². The first-order valence-corrected chi connectivity index (χ1v) is 9.03. The van der Waals surface area contributed by atoms with E-state index in [1.165, 1.54) is 13.0 Å². The number of aliphatic hydroxyl groups excluding tert-OH is 3. The lowest BCUT2D eigenvalue weighted by Gasteiger charge is -2.45. The van der Waals surface area contributed by atoms with Crippen molar-refractivity contribution in [3.8, 4) is 16.9 Å². The number of hydrogen-bond donors (Lipinski definition) is 4. The first-order chi connectivity index (χ1) is 13.1. The van der Waals surface area contributed by atoms with Crippen LogP contribution in [-0.2, 0) is 4.74 Å². The van der Waals surface area contributed by atoms with E-state index in [1.807, 2.05) is 13.0 Å². The summed E-state index contributed by atoms with van der Waals surface area (Å²) in [6.07, 6.45) is -5.36. The van der Waals surface area contributed by atoms with Crippen molar-refractivity contribution in [2.75, 3.05) is 6.61 Å². The Morgan fingerprint density at radius 1 is 1.07 bits per heavy atom. The maximum atomic E-state index is 13.5. The molecule has 0 bridgehead atoms. The molecule has 0 radical (unpaired) electrons. The summed E-state index contributed by atoms with van der Waals surface area (Å²) in [7, 11) is 0. The molecule has 0 aromatic heterocycles. The minimum atomic E-state index is -1.88. The van der Waals surface area contributed by atoms with Crippen molar-refractivity contribution < 1.29 is 34.3 Å². The molecule has 1 aliphatic heterocycles. The highest BCUT2D eigenvalue weighted by atomic mass is 19.1. The number of aliphatic hydroxyl groups is 4. The number of hydrogen-bond acceptors (Lipinski definition) is 6. The summed E-state index contributed by atoms with van der Waals surface area (Å²) in [5.41, 5.74) is 1.12. The van der Waals surface area contributed by atoms with Crippen molar-refractivity contribution in [2.45, 2.75) is 51.0 Å². The van der Waals surface area contributed by atoms with Gasteiger partial charge in [0.15, 0.2) is 5.60 Å². The maximum absolute atomic E-state index is 13.5. The third kappa shape index (κ3) is 3.76. The van der Waals surface area contributed by atoms with Crippen LogP contribution in [0.5, 0.6) is 5.75 Å². The van der Waals surface area contributed by atoms with Gasteiger partial charge in [0.2, 0.25) is 6.29 Å². The van der Waals surface area contributed by atoms with Gasteiger partial charge in [-0.25, -0.2) is 4.39 Å². The van der Waals surface area contributed by atoms with E-state index in [-0.39, 0.29) is 5.82 Å². The molecule has 5 atom stereocenters. The average molecular weight is 392 g/mol. The quantitative estimate of drug-likeness (QED) is 0.632. The van der Waals surface area contributed by atoms with Crippen molar-refractivity contribution >= 4 is 0 Å². The van der Waals surface area contributed by atoms with Gasteiger partial charge in [-0.1, -0.05) is 12.1 Å². The number of ether oxygens (including phenoxy) is 2. The van der Waals surface area contributed by atoms with E-state index in [1.54, 1.807) is 31.2 Å². The Hall–Kier alpha value is -2.03. The van der Waals surface area contributed by atoms with E-state index in [9.17, 15) is 24.8 Å². The maximum Gasteiger partial charge on any atom is 0.231 e. The number of benzene rings is 2. The first-order valence-electron chi connectivity index (χ1n) is 9.03. The molecule has 1 unspecified atom stereocenters. The van der Waals surface area contributed by atoms with Gasteiger partial charge in [-0.2, -0.15) is 0 Å². The normalized spacial score (nSPS) is 30.3.